The summed E-state index contributed by atoms with van der Waals surface area (Å²) in [5.74, 6) is -0.160. The minimum atomic E-state index is -0.160. The van der Waals surface area contributed by atoms with Crippen molar-refractivity contribution in [2.45, 2.75) is 13.0 Å². The molecule has 0 aliphatic rings. The van der Waals surface area contributed by atoms with Crippen LogP contribution in [0.5, 0.6) is 0 Å². The highest BCUT2D eigenvalue weighted by Crippen LogP contribution is 2.22. The molecule has 1 aromatic heterocycles. The van der Waals surface area contributed by atoms with Crippen LogP contribution in [0.2, 0.25) is 0 Å². The number of rotatable bonds is 3. The van der Waals surface area contributed by atoms with Crippen LogP contribution in [0.1, 0.15) is 18.5 Å². The van der Waals surface area contributed by atoms with E-state index in [1.54, 1.807) is 23.5 Å². The van der Waals surface area contributed by atoms with E-state index >= 15 is 0 Å². The fourth-order valence-electron chi connectivity index (χ4n) is 1.50. The summed E-state index contributed by atoms with van der Waals surface area (Å²) in [7, 11) is 0. The first kappa shape index (κ1) is 10.2. The van der Waals surface area contributed by atoms with Crippen molar-refractivity contribution in [1.82, 2.24) is 0 Å². The van der Waals surface area contributed by atoms with Gasteiger partial charge in [0.2, 0.25) is 0 Å². The standard InChI is InChI=1S/C12H12FNS/c1-9(14-10-6-7-15-8-10)11-4-2-3-5-12(11)13/h2-9,14H,1H3. The fraction of sp³-hybridized carbons (Fsp3) is 0.167. The summed E-state index contributed by atoms with van der Waals surface area (Å²) in [4.78, 5) is 0. The van der Waals surface area contributed by atoms with Gasteiger partial charge >= 0.3 is 0 Å². The van der Waals surface area contributed by atoms with Crippen molar-refractivity contribution in [3.63, 3.8) is 0 Å². The maximum Gasteiger partial charge on any atom is 0.128 e. The molecule has 0 spiro atoms. The molecule has 0 fully saturated rings. The molecule has 0 aliphatic carbocycles. The quantitative estimate of drug-likeness (QED) is 0.824. The second kappa shape index (κ2) is 4.45. The van der Waals surface area contributed by atoms with E-state index in [9.17, 15) is 4.39 Å². The van der Waals surface area contributed by atoms with Crippen LogP contribution in [0.4, 0.5) is 10.1 Å². The van der Waals surface area contributed by atoms with Crippen LogP contribution < -0.4 is 5.32 Å². The van der Waals surface area contributed by atoms with Gasteiger partial charge in [-0.05, 0) is 24.4 Å². The van der Waals surface area contributed by atoms with Crippen molar-refractivity contribution >= 4 is 17.0 Å². The van der Waals surface area contributed by atoms with Gasteiger partial charge in [0.1, 0.15) is 5.82 Å². The Bertz CT molecular complexity index is 425. The molecule has 0 bridgehead atoms. The van der Waals surface area contributed by atoms with E-state index in [0.29, 0.717) is 5.56 Å². The molecular weight excluding hydrogens is 209 g/mol. The number of anilines is 1. The van der Waals surface area contributed by atoms with E-state index in [1.807, 2.05) is 29.8 Å². The van der Waals surface area contributed by atoms with Crippen molar-refractivity contribution in [1.29, 1.82) is 0 Å². The van der Waals surface area contributed by atoms with Gasteiger partial charge in [0, 0.05) is 16.6 Å². The molecule has 1 atom stereocenters. The second-order valence-electron chi connectivity index (χ2n) is 3.40. The summed E-state index contributed by atoms with van der Waals surface area (Å²) < 4.78 is 13.4. The third kappa shape index (κ3) is 2.36. The number of nitrogens with one attached hydrogen (secondary N) is 1. The first-order valence-electron chi connectivity index (χ1n) is 4.80. The normalized spacial score (nSPS) is 12.4. The van der Waals surface area contributed by atoms with Crippen molar-refractivity contribution in [3.05, 3.63) is 52.5 Å². The average Bonchev–Trinajstić information content (AvgIpc) is 2.71. The molecule has 0 radical (unpaired) electrons. The SMILES string of the molecule is CC(Nc1ccsc1)c1ccccc1F. The molecule has 0 amide bonds. The second-order valence-corrected chi connectivity index (χ2v) is 4.18. The number of halogens is 1. The summed E-state index contributed by atoms with van der Waals surface area (Å²) in [6.07, 6.45) is 0. The van der Waals surface area contributed by atoms with E-state index in [1.165, 1.54) is 6.07 Å². The summed E-state index contributed by atoms with van der Waals surface area (Å²) in [6.45, 7) is 1.95. The van der Waals surface area contributed by atoms with Crippen molar-refractivity contribution in [2.24, 2.45) is 0 Å². The van der Waals surface area contributed by atoms with Crippen molar-refractivity contribution < 1.29 is 4.39 Å². The molecule has 1 heterocycles. The van der Waals surface area contributed by atoms with Crippen LogP contribution in [0.3, 0.4) is 0 Å². The van der Waals surface area contributed by atoms with E-state index in [2.05, 4.69) is 5.32 Å². The van der Waals surface area contributed by atoms with Crippen molar-refractivity contribution in [3.8, 4) is 0 Å². The Morgan fingerprint density at radius 2 is 2.07 bits per heavy atom. The Labute approximate surface area is 92.6 Å². The fourth-order valence-corrected chi connectivity index (χ4v) is 2.10. The Morgan fingerprint density at radius 3 is 2.73 bits per heavy atom. The lowest BCUT2D eigenvalue weighted by Gasteiger charge is -2.14. The van der Waals surface area contributed by atoms with Crippen LogP contribution in [-0.4, -0.2) is 0 Å². The third-order valence-electron chi connectivity index (χ3n) is 2.28. The molecule has 0 saturated heterocycles. The molecule has 78 valence electrons. The van der Waals surface area contributed by atoms with Gasteiger partial charge in [0.05, 0.1) is 6.04 Å². The third-order valence-corrected chi connectivity index (χ3v) is 2.96. The average molecular weight is 221 g/mol. The summed E-state index contributed by atoms with van der Waals surface area (Å²) in [5, 5.41) is 7.26. The highest BCUT2D eigenvalue weighted by atomic mass is 32.1. The van der Waals surface area contributed by atoms with Gasteiger partial charge in [-0.15, -0.1) is 0 Å². The molecule has 1 nitrogen and oxygen atoms in total. The Morgan fingerprint density at radius 1 is 1.27 bits per heavy atom. The zero-order valence-electron chi connectivity index (χ0n) is 8.41. The zero-order chi connectivity index (χ0) is 10.7. The van der Waals surface area contributed by atoms with Crippen LogP contribution in [-0.2, 0) is 0 Å². The van der Waals surface area contributed by atoms with Gasteiger partial charge in [-0.25, -0.2) is 4.39 Å². The maximum atomic E-state index is 13.4. The van der Waals surface area contributed by atoms with Gasteiger partial charge < -0.3 is 5.32 Å². The molecule has 2 aromatic rings. The molecule has 0 saturated carbocycles. The number of hydrogen-bond acceptors (Lipinski definition) is 2. The van der Waals surface area contributed by atoms with E-state index in [4.69, 9.17) is 0 Å². The maximum absolute atomic E-state index is 13.4. The first-order valence-corrected chi connectivity index (χ1v) is 5.75. The monoisotopic (exact) mass is 221 g/mol. The predicted molar refractivity (Wildman–Crippen MR) is 62.8 cm³/mol. The predicted octanol–water partition coefficient (Wildman–Crippen LogP) is 4.06. The highest BCUT2D eigenvalue weighted by molar-refractivity contribution is 7.08. The highest BCUT2D eigenvalue weighted by Gasteiger charge is 2.09. The Balaban J connectivity index is 2.15. The molecule has 2 rings (SSSR count). The summed E-state index contributed by atoms with van der Waals surface area (Å²) >= 11 is 1.62. The molecule has 1 unspecified atom stereocenters. The molecule has 3 heteroatoms. The topological polar surface area (TPSA) is 12.0 Å². The van der Waals surface area contributed by atoms with Gasteiger partial charge in [-0.3, -0.25) is 0 Å². The van der Waals surface area contributed by atoms with Crippen molar-refractivity contribution in [2.75, 3.05) is 5.32 Å². The minimum Gasteiger partial charge on any atom is -0.378 e. The Kier molecular flexibility index (Phi) is 3.02. The number of hydrogen-bond donors (Lipinski definition) is 1. The van der Waals surface area contributed by atoms with Crippen LogP contribution in [0.25, 0.3) is 0 Å². The van der Waals surface area contributed by atoms with E-state index < -0.39 is 0 Å². The first-order chi connectivity index (χ1) is 7.27. The number of thiophene rings is 1. The van der Waals surface area contributed by atoms with Crippen LogP contribution in [0.15, 0.2) is 41.1 Å². The Hall–Kier alpha value is -1.35. The van der Waals surface area contributed by atoms with Gasteiger partial charge in [0.25, 0.3) is 0 Å². The molecular formula is C12H12FNS. The lowest BCUT2D eigenvalue weighted by atomic mass is 10.1. The molecule has 1 aromatic carbocycles. The molecule has 0 aliphatic heterocycles. The van der Waals surface area contributed by atoms with Gasteiger partial charge in [0.15, 0.2) is 0 Å². The number of benzene rings is 1. The van der Waals surface area contributed by atoms with Gasteiger partial charge in [-0.1, -0.05) is 18.2 Å². The minimum absolute atomic E-state index is 0.0131. The van der Waals surface area contributed by atoms with E-state index in [0.717, 1.165) is 5.69 Å². The summed E-state index contributed by atoms with van der Waals surface area (Å²) in [6, 6.07) is 8.82. The van der Waals surface area contributed by atoms with Crippen LogP contribution >= 0.6 is 11.3 Å². The largest absolute Gasteiger partial charge is 0.378 e. The molecule has 1 N–H and O–H groups in total. The lowest BCUT2D eigenvalue weighted by Crippen LogP contribution is -2.07. The zero-order valence-corrected chi connectivity index (χ0v) is 9.22. The van der Waals surface area contributed by atoms with Gasteiger partial charge in [-0.2, -0.15) is 11.3 Å². The lowest BCUT2D eigenvalue weighted by molar-refractivity contribution is 0.600. The van der Waals surface area contributed by atoms with Crippen LogP contribution in [0, 0.1) is 5.82 Å². The van der Waals surface area contributed by atoms with E-state index in [-0.39, 0.29) is 11.9 Å². The smallest absolute Gasteiger partial charge is 0.128 e. The molecule has 15 heavy (non-hydrogen) atoms. The summed E-state index contributed by atoms with van der Waals surface area (Å²) in [5.41, 5.74) is 1.74.